The fraction of sp³-hybridized carbons (Fsp3) is 0.154. The highest BCUT2D eigenvalue weighted by molar-refractivity contribution is 6.03. The Bertz CT molecular complexity index is 652. The first-order valence-electron chi connectivity index (χ1n) is 6.02. The molecule has 0 saturated carbocycles. The molecule has 1 amide bonds. The molecule has 0 radical (unpaired) electrons. The van der Waals surface area contributed by atoms with Gasteiger partial charge in [-0.2, -0.15) is 0 Å². The van der Waals surface area contributed by atoms with E-state index in [0.29, 0.717) is 6.08 Å². The normalized spacial score (nSPS) is 10.2. The fourth-order valence-corrected chi connectivity index (χ4v) is 1.47. The zero-order valence-electron chi connectivity index (χ0n) is 11.4. The third kappa shape index (κ3) is 4.71. The van der Waals surface area contributed by atoms with E-state index in [0.717, 1.165) is 18.2 Å². The number of amides is 1. The standard InChI is InChI=1S/C13H12N2O7/c1-2-22-13(19)9-4-3-8(7-10(9)15(20)21)14-11(16)5-6-12(17)18/h3-7H,2H2,1H3,(H,14,16)(H,17,18)/b6-5-. The van der Waals surface area contributed by atoms with Crippen LogP contribution in [-0.4, -0.2) is 34.5 Å². The summed E-state index contributed by atoms with van der Waals surface area (Å²) < 4.78 is 4.70. The van der Waals surface area contributed by atoms with Gasteiger partial charge in [-0.15, -0.1) is 0 Å². The largest absolute Gasteiger partial charge is 0.478 e. The summed E-state index contributed by atoms with van der Waals surface area (Å²) in [7, 11) is 0. The van der Waals surface area contributed by atoms with E-state index in [1.807, 2.05) is 0 Å². The van der Waals surface area contributed by atoms with Gasteiger partial charge in [0.25, 0.3) is 5.69 Å². The van der Waals surface area contributed by atoms with Crippen LogP contribution < -0.4 is 5.32 Å². The van der Waals surface area contributed by atoms with Crippen LogP contribution in [0.25, 0.3) is 0 Å². The number of carboxylic acids is 1. The minimum absolute atomic E-state index is 0.0415. The fourth-order valence-electron chi connectivity index (χ4n) is 1.47. The third-order valence-corrected chi connectivity index (χ3v) is 2.33. The van der Waals surface area contributed by atoms with Gasteiger partial charge in [0, 0.05) is 23.9 Å². The number of nitro groups is 1. The minimum atomic E-state index is -1.31. The number of benzene rings is 1. The van der Waals surface area contributed by atoms with E-state index >= 15 is 0 Å². The molecule has 1 rings (SSSR count). The number of rotatable bonds is 6. The molecule has 1 aromatic rings. The first kappa shape index (κ1) is 16.8. The first-order chi connectivity index (χ1) is 10.3. The van der Waals surface area contributed by atoms with Crippen molar-refractivity contribution in [3.05, 3.63) is 46.0 Å². The van der Waals surface area contributed by atoms with Crippen LogP contribution in [0.2, 0.25) is 0 Å². The summed E-state index contributed by atoms with van der Waals surface area (Å²) in [6.07, 6.45) is 1.38. The van der Waals surface area contributed by atoms with Gasteiger partial charge in [-0.1, -0.05) is 0 Å². The van der Waals surface area contributed by atoms with Crippen LogP contribution in [0.3, 0.4) is 0 Å². The van der Waals surface area contributed by atoms with E-state index < -0.39 is 28.5 Å². The molecule has 0 heterocycles. The van der Waals surface area contributed by atoms with E-state index in [9.17, 15) is 24.5 Å². The second kappa shape index (κ2) is 7.53. The number of carboxylic acid groups (broad SMARTS) is 1. The molecule has 0 saturated heterocycles. The molecule has 0 atom stereocenters. The Morgan fingerprint density at radius 2 is 2.05 bits per heavy atom. The zero-order chi connectivity index (χ0) is 16.7. The lowest BCUT2D eigenvalue weighted by atomic mass is 10.1. The summed E-state index contributed by atoms with van der Waals surface area (Å²) >= 11 is 0. The molecule has 22 heavy (non-hydrogen) atoms. The maximum atomic E-state index is 11.6. The molecule has 9 nitrogen and oxygen atoms in total. The van der Waals surface area contributed by atoms with Gasteiger partial charge in [0.1, 0.15) is 5.56 Å². The van der Waals surface area contributed by atoms with Gasteiger partial charge < -0.3 is 15.2 Å². The van der Waals surface area contributed by atoms with Gasteiger partial charge in [-0.05, 0) is 19.1 Å². The molecule has 0 aromatic heterocycles. The van der Waals surface area contributed by atoms with Crippen molar-refractivity contribution < 1.29 is 29.2 Å². The Morgan fingerprint density at radius 3 is 2.59 bits per heavy atom. The smallest absolute Gasteiger partial charge is 0.345 e. The molecular formula is C13H12N2O7. The average Bonchev–Trinajstić information content (AvgIpc) is 2.45. The average molecular weight is 308 g/mol. The lowest BCUT2D eigenvalue weighted by Gasteiger charge is -2.06. The van der Waals surface area contributed by atoms with Crippen LogP contribution >= 0.6 is 0 Å². The Hall–Kier alpha value is -3.23. The van der Waals surface area contributed by atoms with Crippen LogP contribution in [0, 0.1) is 10.1 Å². The van der Waals surface area contributed by atoms with Crippen molar-refractivity contribution in [1.82, 2.24) is 0 Å². The van der Waals surface area contributed by atoms with E-state index in [4.69, 9.17) is 9.84 Å². The highest BCUT2D eigenvalue weighted by Gasteiger charge is 2.22. The van der Waals surface area contributed by atoms with Crippen molar-refractivity contribution in [3.8, 4) is 0 Å². The molecule has 9 heteroatoms. The number of carbonyl (C=O) groups is 3. The van der Waals surface area contributed by atoms with Crippen LogP contribution in [0.5, 0.6) is 0 Å². The number of ether oxygens (including phenoxy) is 1. The van der Waals surface area contributed by atoms with Gasteiger partial charge in [0.15, 0.2) is 0 Å². The van der Waals surface area contributed by atoms with Crippen molar-refractivity contribution in [2.75, 3.05) is 11.9 Å². The predicted molar refractivity (Wildman–Crippen MR) is 74.5 cm³/mol. The minimum Gasteiger partial charge on any atom is -0.478 e. The molecule has 116 valence electrons. The number of anilines is 1. The van der Waals surface area contributed by atoms with E-state index in [2.05, 4.69) is 5.32 Å². The molecule has 2 N–H and O–H groups in total. The summed E-state index contributed by atoms with van der Waals surface area (Å²) in [6.45, 7) is 1.63. The molecular weight excluding hydrogens is 296 g/mol. The highest BCUT2D eigenvalue weighted by atomic mass is 16.6. The summed E-state index contributed by atoms with van der Waals surface area (Å²) in [4.78, 5) is 43.5. The van der Waals surface area contributed by atoms with Gasteiger partial charge in [0.2, 0.25) is 5.91 Å². The number of aliphatic carboxylic acids is 1. The first-order valence-corrected chi connectivity index (χ1v) is 6.02. The number of nitro benzene ring substituents is 1. The SMILES string of the molecule is CCOC(=O)c1ccc(NC(=O)/C=C\C(=O)O)cc1[N+](=O)[O-]. The van der Waals surface area contributed by atoms with Crippen molar-refractivity contribution in [3.63, 3.8) is 0 Å². The highest BCUT2D eigenvalue weighted by Crippen LogP contribution is 2.24. The van der Waals surface area contributed by atoms with Crippen LogP contribution in [0.15, 0.2) is 30.4 Å². The van der Waals surface area contributed by atoms with E-state index in [1.54, 1.807) is 6.92 Å². The molecule has 0 spiro atoms. The Morgan fingerprint density at radius 1 is 1.36 bits per heavy atom. The van der Waals surface area contributed by atoms with Gasteiger partial charge in [-0.3, -0.25) is 14.9 Å². The lowest BCUT2D eigenvalue weighted by molar-refractivity contribution is -0.385. The van der Waals surface area contributed by atoms with Gasteiger partial charge in [-0.25, -0.2) is 9.59 Å². The maximum absolute atomic E-state index is 11.6. The van der Waals surface area contributed by atoms with Crippen molar-refractivity contribution >= 4 is 29.2 Å². The maximum Gasteiger partial charge on any atom is 0.345 e. The Kier molecular flexibility index (Phi) is 5.75. The number of hydrogen-bond donors (Lipinski definition) is 2. The Labute approximate surface area is 124 Å². The number of nitrogens with one attached hydrogen (secondary N) is 1. The molecule has 1 aromatic carbocycles. The molecule has 0 bridgehead atoms. The second-order valence-corrected chi connectivity index (χ2v) is 3.87. The van der Waals surface area contributed by atoms with Crippen molar-refractivity contribution in [2.45, 2.75) is 6.92 Å². The number of hydrogen-bond acceptors (Lipinski definition) is 6. The molecule has 0 aliphatic heterocycles. The van der Waals surface area contributed by atoms with Gasteiger partial charge in [0.05, 0.1) is 11.5 Å². The molecule has 0 aliphatic carbocycles. The van der Waals surface area contributed by atoms with Gasteiger partial charge >= 0.3 is 11.9 Å². The monoisotopic (exact) mass is 308 g/mol. The van der Waals surface area contributed by atoms with Crippen LogP contribution in [0.4, 0.5) is 11.4 Å². The summed E-state index contributed by atoms with van der Waals surface area (Å²) in [6, 6.07) is 3.40. The molecule has 0 unspecified atom stereocenters. The van der Waals surface area contributed by atoms with Crippen LogP contribution in [0.1, 0.15) is 17.3 Å². The number of esters is 1. The number of carbonyl (C=O) groups excluding carboxylic acids is 2. The summed E-state index contributed by atoms with van der Waals surface area (Å²) in [5.41, 5.74) is -0.732. The van der Waals surface area contributed by atoms with Crippen LogP contribution in [-0.2, 0) is 14.3 Å². The topological polar surface area (TPSA) is 136 Å². The molecule has 0 aliphatic rings. The lowest BCUT2D eigenvalue weighted by Crippen LogP contribution is -2.11. The second-order valence-electron chi connectivity index (χ2n) is 3.87. The summed E-state index contributed by atoms with van der Waals surface area (Å²) in [5, 5.41) is 21.6. The number of nitrogens with zero attached hydrogens (tertiary/aromatic N) is 1. The van der Waals surface area contributed by atoms with E-state index in [-0.39, 0.29) is 17.9 Å². The van der Waals surface area contributed by atoms with Crippen molar-refractivity contribution in [1.29, 1.82) is 0 Å². The third-order valence-electron chi connectivity index (χ3n) is 2.33. The quantitative estimate of drug-likeness (QED) is 0.350. The summed E-state index contributed by atoms with van der Waals surface area (Å²) in [5.74, 6) is -2.93. The zero-order valence-corrected chi connectivity index (χ0v) is 11.4. The van der Waals surface area contributed by atoms with E-state index in [1.165, 1.54) is 6.07 Å². The molecule has 0 fully saturated rings. The van der Waals surface area contributed by atoms with Crippen molar-refractivity contribution in [2.24, 2.45) is 0 Å². The Balaban J connectivity index is 3.03. The predicted octanol–water partition coefficient (Wildman–Crippen LogP) is 1.35.